The van der Waals surface area contributed by atoms with Crippen LogP contribution in [0.1, 0.15) is 13.3 Å². The van der Waals surface area contributed by atoms with Crippen LogP contribution in [0.4, 0.5) is 5.69 Å². The van der Waals surface area contributed by atoms with Crippen molar-refractivity contribution < 1.29 is 14.3 Å². The van der Waals surface area contributed by atoms with Crippen LogP contribution in [0.3, 0.4) is 0 Å². The highest BCUT2D eigenvalue weighted by Gasteiger charge is 2.12. The molecule has 1 amide bonds. The Bertz CT molecular complexity index is 936. The third kappa shape index (κ3) is 4.39. The molecule has 6 heteroatoms. The molecule has 0 aliphatic heterocycles. The summed E-state index contributed by atoms with van der Waals surface area (Å²) in [5.41, 5.74) is 1.84. The molecule has 27 heavy (non-hydrogen) atoms. The number of amides is 1. The van der Waals surface area contributed by atoms with E-state index in [4.69, 9.17) is 9.47 Å². The number of carbonyl (C=O) groups is 1. The molecular formula is C21H24N2O3S. The van der Waals surface area contributed by atoms with Gasteiger partial charge in [-0.05, 0) is 24.6 Å². The van der Waals surface area contributed by atoms with E-state index < -0.39 is 0 Å². The maximum absolute atomic E-state index is 12.5. The number of anilines is 1. The van der Waals surface area contributed by atoms with Gasteiger partial charge in [0.25, 0.3) is 0 Å². The van der Waals surface area contributed by atoms with Crippen LogP contribution >= 0.6 is 11.8 Å². The Hall–Kier alpha value is -2.60. The van der Waals surface area contributed by atoms with Crippen LogP contribution < -0.4 is 14.8 Å². The summed E-state index contributed by atoms with van der Waals surface area (Å²) in [6.45, 7) is 3.13. The highest BCUT2D eigenvalue weighted by molar-refractivity contribution is 8.00. The number of hydrogen-bond acceptors (Lipinski definition) is 4. The van der Waals surface area contributed by atoms with Crippen LogP contribution in [0.2, 0.25) is 0 Å². The van der Waals surface area contributed by atoms with E-state index in [2.05, 4.69) is 35.1 Å². The summed E-state index contributed by atoms with van der Waals surface area (Å²) in [6, 6.07) is 13.6. The number of thioether (sulfide) groups is 1. The molecule has 1 aromatic heterocycles. The number of aromatic nitrogens is 1. The van der Waals surface area contributed by atoms with Crippen molar-refractivity contribution in [2.75, 3.05) is 25.3 Å². The molecule has 0 radical (unpaired) electrons. The Morgan fingerprint density at radius 2 is 1.96 bits per heavy atom. The van der Waals surface area contributed by atoms with Crippen LogP contribution in [-0.4, -0.2) is 30.4 Å². The molecule has 3 rings (SSSR count). The summed E-state index contributed by atoms with van der Waals surface area (Å²) in [5, 5.41) is 4.10. The van der Waals surface area contributed by atoms with Gasteiger partial charge in [-0.25, -0.2) is 0 Å². The van der Waals surface area contributed by atoms with Gasteiger partial charge in [0.05, 0.1) is 25.7 Å². The molecule has 5 nitrogen and oxygen atoms in total. The third-order valence-electron chi connectivity index (χ3n) is 4.26. The van der Waals surface area contributed by atoms with Gasteiger partial charge in [0, 0.05) is 34.6 Å². The number of nitrogens with zero attached hydrogens (tertiary/aromatic N) is 1. The largest absolute Gasteiger partial charge is 0.497 e. The fraction of sp³-hybridized carbons (Fsp3) is 0.286. The summed E-state index contributed by atoms with van der Waals surface area (Å²) in [7, 11) is 3.17. The molecule has 1 heterocycles. The van der Waals surface area contributed by atoms with E-state index in [1.165, 1.54) is 10.9 Å². The van der Waals surface area contributed by atoms with Crippen molar-refractivity contribution in [2.24, 2.45) is 0 Å². The predicted octanol–water partition coefficient (Wildman–Crippen LogP) is 4.80. The first-order valence-corrected chi connectivity index (χ1v) is 9.87. The standard InChI is InChI=1S/C21H24N2O3S/c1-4-11-23-13-20(16-7-5-6-8-18(16)23)27-14-21(24)22-17-10-9-15(25-2)12-19(17)26-3/h5-10,12-13H,4,11,14H2,1-3H3,(H,22,24). The third-order valence-corrected chi connectivity index (χ3v) is 5.30. The van der Waals surface area contributed by atoms with Gasteiger partial charge in [0.15, 0.2) is 0 Å². The second kappa shape index (κ2) is 8.86. The minimum atomic E-state index is -0.0733. The van der Waals surface area contributed by atoms with Gasteiger partial charge in [0.2, 0.25) is 5.91 Å². The lowest BCUT2D eigenvalue weighted by Gasteiger charge is -2.11. The number of hydrogen-bond donors (Lipinski definition) is 1. The predicted molar refractivity (Wildman–Crippen MR) is 111 cm³/mol. The molecule has 0 aliphatic carbocycles. The van der Waals surface area contributed by atoms with E-state index >= 15 is 0 Å². The number of benzene rings is 2. The van der Waals surface area contributed by atoms with Crippen molar-refractivity contribution in [3.05, 3.63) is 48.7 Å². The molecule has 2 aromatic carbocycles. The van der Waals surface area contributed by atoms with Crippen molar-refractivity contribution in [1.29, 1.82) is 0 Å². The van der Waals surface area contributed by atoms with Crippen molar-refractivity contribution in [2.45, 2.75) is 24.8 Å². The number of para-hydroxylation sites is 1. The van der Waals surface area contributed by atoms with Gasteiger partial charge in [-0.2, -0.15) is 0 Å². The zero-order valence-corrected chi connectivity index (χ0v) is 16.6. The Morgan fingerprint density at radius 3 is 2.70 bits per heavy atom. The molecule has 0 atom stereocenters. The molecule has 0 spiro atoms. The highest BCUT2D eigenvalue weighted by atomic mass is 32.2. The van der Waals surface area contributed by atoms with Crippen LogP contribution in [0.25, 0.3) is 10.9 Å². The van der Waals surface area contributed by atoms with Crippen LogP contribution in [0.15, 0.2) is 53.6 Å². The van der Waals surface area contributed by atoms with Gasteiger partial charge >= 0.3 is 0 Å². The Labute approximate surface area is 163 Å². The summed E-state index contributed by atoms with van der Waals surface area (Å²) in [4.78, 5) is 13.6. The first-order valence-electron chi connectivity index (χ1n) is 8.88. The van der Waals surface area contributed by atoms with Crippen molar-refractivity contribution in [3.8, 4) is 11.5 Å². The quantitative estimate of drug-likeness (QED) is 0.567. The number of nitrogens with one attached hydrogen (secondary N) is 1. The molecule has 3 aromatic rings. The number of carbonyl (C=O) groups excluding carboxylic acids is 1. The van der Waals surface area contributed by atoms with E-state index in [0.717, 1.165) is 17.9 Å². The Balaban J connectivity index is 1.70. The maximum atomic E-state index is 12.5. The van der Waals surface area contributed by atoms with Gasteiger partial charge in [-0.1, -0.05) is 25.1 Å². The Kier molecular flexibility index (Phi) is 6.29. The van der Waals surface area contributed by atoms with Crippen LogP contribution in [0.5, 0.6) is 11.5 Å². The van der Waals surface area contributed by atoms with Gasteiger partial charge < -0.3 is 19.4 Å². The minimum Gasteiger partial charge on any atom is -0.497 e. The minimum absolute atomic E-state index is 0.0733. The molecular weight excluding hydrogens is 360 g/mol. The number of aryl methyl sites for hydroxylation is 1. The topological polar surface area (TPSA) is 52.5 Å². The highest BCUT2D eigenvalue weighted by Crippen LogP contribution is 2.32. The zero-order chi connectivity index (χ0) is 19.2. The van der Waals surface area contributed by atoms with Crippen molar-refractivity contribution >= 4 is 34.3 Å². The summed E-state index contributed by atoms with van der Waals surface area (Å²) < 4.78 is 12.8. The van der Waals surface area contributed by atoms with Gasteiger partial charge in [-0.3, -0.25) is 4.79 Å². The maximum Gasteiger partial charge on any atom is 0.234 e. The number of ether oxygens (including phenoxy) is 2. The first kappa shape index (κ1) is 19.2. The lowest BCUT2D eigenvalue weighted by molar-refractivity contribution is -0.113. The molecule has 142 valence electrons. The average Bonchev–Trinajstić information content (AvgIpc) is 3.05. The summed E-state index contributed by atoms with van der Waals surface area (Å²) in [6.07, 6.45) is 3.21. The zero-order valence-electron chi connectivity index (χ0n) is 15.8. The van der Waals surface area contributed by atoms with E-state index in [-0.39, 0.29) is 5.91 Å². The molecule has 0 unspecified atom stereocenters. The van der Waals surface area contributed by atoms with Crippen molar-refractivity contribution in [3.63, 3.8) is 0 Å². The molecule has 0 aliphatic rings. The fourth-order valence-corrected chi connectivity index (χ4v) is 3.87. The molecule has 0 fully saturated rings. The SMILES string of the molecule is CCCn1cc(SCC(=O)Nc2ccc(OC)cc2OC)c2ccccc21. The molecule has 0 bridgehead atoms. The second-order valence-electron chi connectivity index (χ2n) is 6.11. The van der Waals surface area contributed by atoms with E-state index in [9.17, 15) is 4.79 Å². The van der Waals surface area contributed by atoms with Crippen LogP contribution in [0, 0.1) is 0 Å². The first-order chi connectivity index (χ1) is 13.2. The van der Waals surface area contributed by atoms with E-state index in [1.54, 1.807) is 44.2 Å². The lowest BCUT2D eigenvalue weighted by atomic mass is 10.2. The number of rotatable bonds is 8. The average molecular weight is 385 g/mol. The smallest absolute Gasteiger partial charge is 0.234 e. The number of fused-ring (bicyclic) bond motifs is 1. The van der Waals surface area contributed by atoms with Crippen molar-refractivity contribution in [1.82, 2.24) is 4.57 Å². The fourth-order valence-electron chi connectivity index (χ4n) is 2.99. The molecule has 0 saturated heterocycles. The van der Waals surface area contributed by atoms with E-state index in [1.807, 2.05) is 12.1 Å². The Morgan fingerprint density at radius 1 is 1.15 bits per heavy atom. The lowest BCUT2D eigenvalue weighted by Crippen LogP contribution is -2.14. The molecule has 1 N–H and O–H groups in total. The summed E-state index contributed by atoms with van der Waals surface area (Å²) >= 11 is 1.55. The van der Waals surface area contributed by atoms with E-state index in [0.29, 0.717) is 22.9 Å². The van der Waals surface area contributed by atoms with Gasteiger partial charge in [0.1, 0.15) is 11.5 Å². The van der Waals surface area contributed by atoms with Crippen LogP contribution in [-0.2, 0) is 11.3 Å². The normalized spacial score (nSPS) is 10.8. The van der Waals surface area contributed by atoms with Gasteiger partial charge in [-0.15, -0.1) is 11.8 Å². The number of methoxy groups -OCH3 is 2. The molecule has 0 saturated carbocycles. The second-order valence-corrected chi connectivity index (χ2v) is 7.12. The monoisotopic (exact) mass is 384 g/mol. The summed E-state index contributed by atoms with van der Waals surface area (Å²) in [5.74, 6) is 1.51.